The number of carboxylic acid groups (broad SMARTS) is 1. The van der Waals surface area contributed by atoms with E-state index in [1.165, 1.54) is 36.5 Å². The summed E-state index contributed by atoms with van der Waals surface area (Å²) in [6.45, 7) is 2.53. The molecular weight excluding hydrogens is 434 g/mol. The summed E-state index contributed by atoms with van der Waals surface area (Å²) in [5, 5.41) is 26.3. The third-order valence-electron chi connectivity index (χ3n) is 4.70. The van der Waals surface area contributed by atoms with Crippen LogP contribution >= 0.6 is 11.8 Å². The molecule has 2 aliphatic heterocycles. The molecular formula is C17H19N5O8S. The molecule has 0 bridgehead atoms. The molecule has 166 valence electrons. The molecule has 0 aliphatic carbocycles. The summed E-state index contributed by atoms with van der Waals surface area (Å²) in [6, 6.07) is -0.893. The van der Waals surface area contributed by atoms with Gasteiger partial charge in [-0.05, 0) is 6.92 Å². The molecule has 0 radical (unpaired) electrons. The predicted octanol–water partition coefficient (Wildman–Crippen LogP) is -0.208. The number of carboxylic acids is 1. The molecule has 2 unspecified atom stereocenters. The average Bonchev–Trinajstić information content (AvgIpc) is 3.08. The summed E-state index contributed by atoms with van der Waals surface area (Å²) >= 11 is 1.26. The third-order valence-corrected chi connectivity index (χ3v) is 6.04. The Labute approximate surface area is 179 Å². The highest BCUT2D eigenvalue weighted by atomic mass is 32.2. The quantitative estimate of drug-likeness (QED) is 0.232. The number of hydrogen-bond acceptors (Lipinski definition) is 9. The standard InChI is InChI=1S/C17H19N5O8S/c1-8-11(22(28)29)5-20(19-8)4-3-12(24)18-13-15(25)21-14(17(26)27)10(6-30-9(2)23)7-31-16(13)21/h5,13,16H,3-4,6-7H2,1-2H3,(H,18,24)(H,26,27). The van der Waals surface area contributed by atoms with Gasteiger partial charge in [-0.1, -0.05) is 0 Å². The van der Waals surface area contributed by atoms with E-state index in [0.717, 1.165) is 4.90 Å². The number of nitrogens with zero attached hydrogens (tertiary/aromatic N) is 4. The number of hydrogen-bond donors (Lipinski definition) is 2. The number of esters is 1. The first-order valence-corrected chi connectivity index (χ1v) is 10.2. The molecule has 3 rings (SSSR count). The van der Waals surface area contributed by atoms with Gasteiger partial charge in [-0.3, -0.25) is 34.1 Å². The van der Waals surface area contributed by atoms with Gasteiger partial charge in [-0.15, -0.1) is 11.8 Å². The zero-order chi connectivity index (χ0) is 22.9. The van der Waals surface area contributed by atoms with Crippen LogP contribution in [0, 0.1) is 17.0 Å². The minimum atomic E-state index is -1.32. The van der Waals surface area contributed by atoms with Gasteiger partial charge in [0.05, 0.1) is 4.92 Å². The molecule has 2 amide bonds. The van der Waals surface area contributed by atoms with Gasteiger partial charge in [-0.2, -0.15) is 5.10 Å². The van der Waals surface area contributed by atoms with Crippen LogP contribution in [0.5, 0.6) is 0 Å². The van der Waals surface area contributed by atoms with Crippen molar-refractivity contribution in [3.63, 3.8) is 0 Å². The van der Waals surface area contributed by atoms with Gasteiger partial charge in [-0.25, -0.2) is 4.79 Å². The smallest absolute Gasteiger partial charge is 0.352 e. The van der Waals surface area contributed by atoms with Crippen molar-refractivity contribution in [1.82, 2.24) is 20.0 Å². The van der Waals surface area contributed by atoms with Gasteiger partial charge < -0.3 is 15.2 Å². The molecule has 1 aromatic rings. The Morgan fingerprint density at radius 3 is 2.74 bits per heavy atom. The van der Waals surface area contributed by atoms with Crippen molar-refractivity contribution in [2.24, 2.45) is 0 Å². The molecule has 0 spiro atoms. The SMILES string of the molecule is CC(=O)OCC1=C(C(=O)O)N2C(=O)C(NC(=O)CCn3cc([N+](=O)[O-])c(C)n3)C2SC1. The van der Waals surface area contributed by atoms with Crippen molar-refractivity contribution in [3.05, 3.63) is 33.3 Å². The number of ether oxygens (including phenoxy) is 1. The van der Waals surface area contributed by atoms with E-state index >= 15 is 0 Å². The van der Waals surface area contributed by atoms with Gasteiger partial charge in [0, 0.05) is 31.2 Å². The number of nitro groups is 1. The number of amides is 2. The van der Waals surface area contributed by atoms with Crippen LogP contribution in [0.25, 0.3) is 0 Å². The average molecular weight is 453 g/mol. The summed E-state index contributed by atoms with van der Waals surface area (Å²) in [5.74, 6) is -2.70. The zero-order valence-electron chi connectivity index (χ0n) is 16.6. The summed E-state index contributed by atoms with van der Waals surface area (Å²) in [6.07, 6.45) is 1.16. The van der Waals surface area contributed by atoms with Gasteiger partial charge in [0.25, 0.3) is 5.91 Å². The fourth-order valence-corrected chi connectivity index (χ4v) is 4.57. The number of nitrogens with one attached hydrogen (secondary N) is 1. The van der Waals surface area contributed by atoms with E-state index in [9.17, 15) is 34.4 Å². The van der Waals surface area contributed by atoms with E-state index in [1.807, 2.05) is 0 Å². The second kappa shape index (κ2) is 8.75. The van der Waals surface area contributed by atoms with Crippen LogP contribution in [0.1, 0.15) is 19.0 Å². The monoisotopic (exact) mass is 453 g/mol. The number of carbonyl (C=O) groups excluding carboxylic acids is 3. The Hall–Kier alpha value is -3.42. The molecule has 0 saturated carbocycles. The van der Waals surface area contributed by atoms with Crippen molar-refractivity contribution < 1.29 is 33.9 Å². The first kappa shape index (κ1) is 22.3. The maximum atomic E-state index is 12.5. The lowest BCUT2D eigenvalue weighted by Gasteiger charge is -2.49. The molecule has 0 aromatic carbocycles. The van der Waals surface area contributed by atoms with E-state index in [0.29, 0.717) is 5.57 Å². The number of aryl methyl sites for hydroxylation is 2. The highest BCUT2D eigenvalue weighted by molar-refractivity contribution is 8.00. The Balaban J connectivity index is 1.61. The second-order valence-electron chi connectivity index (χ2n) is 6.86. The Morgan fingerprint density at radius 2 is 2.16 bits per heavy atom. The zero-order valence-corrected chi connectivity index (χ0v) is 17.4. The molecule has 1 aromatic heterocycles. The molecule has 14 heteroatoms. The lowest BCUT2D eigenvalue weighted by atomic mass is 10.0. The minimum absolute atomic E-state index is 0.0707. The number of aliphatic carboxylic acids is 1. The summed E-state index contributed by atoms with van der Waals surface area (Å²) in [5.41, 5.74) is 0.144. The second-order valence-corrected chi connectivity index (χ2v) is 7.97. The van der Waals surface area contributed by atoms with E-state index in [4.69, 9.17) is 4.74 Å². The van der Waals surface area contributed by atoms with Crippen LogP contribution in [0.15, 0.2) is 17.5 Å². The lowest BCUT2D eigenvalue weighted by molar-refractivity contribution is -0.385. The minimum Gasteiger partial charge on any atom is -0.477 e. The van der Waals surface area contributed by atoms with E-state index < -0.39 is 40.1 Å². The van der Waals surface area contributed by atoms with Crippen molar-refractivity contribution in [1.29, 1.82) is 0 Å². The largest absolute Gasteiger partial charge is 0.477 e. The summed E-state index contributed by atoms with van der Waals surface area (Å²) in [4.78, 5) is 58.9. The van der Waals surface area contributed by atoms with Crippen molar-refractivity contribution in [3.8, 4) is 0 Å². The topological polar surface area (TPSA) is 174 Å². The fourth-order valence-electron chi connectivity index (χ4n) is 3.25. The Bertz CT molecular complexity index is 1000. The van der Waals surface area contributed by atoms with E-state index in [1.54, 1.807) is 0 Å². The van der Waals surface area contributed by atoms with Gasteiger partial charge in [0.2, 0.25) is 5.91 Å². The summed E-state index contributed by atoms with van der Waals surface area (Å²) < 4.78 is 6.14. The molecule has 3 heterocycles. The molecule has 2 N–H and O–H groups in total. The van der Waals surface area contributed by atoms with Crippen molar-refractivity contribution >= 4 is 41.2 Å². The third kappa shape index (κ3) is 4.52. The van der Waals surface area contributed by atoms with Crippen molar-refractivity contribution in [2.75, 3.05) is 12.4 Å². The molecule has 1 saturated heterocycles. The van der Waals surface area contributed by atoms with Gasteiger partial charge in [0.15, 0.2) is 0 Å². The highest BCUT2D eigenvalue weighted by Gasteiger charge is 2.54. The van der Waals surface area contributed by atoms with Crippen molar-refractivity contribution in [2.45, 2.75) is 38.2 Å². The first-order chi connectivity index (χ1) is 14.6. The van der Waals surface area contributed by atoms with E-state index in [-0.39, 0.29) is 42.4 Å². The Kier molecular flexibility index (Phi) is 6.29. The summed E-state index contributed by atoms with van der Waals surface area (Å²) in [7, 11) is 0. The molecule has 2 aliphatic rings. The predicted molar refractivity (Wildman–Crippen MR) is 105 cm³/mol. The lowest BCUT2D eigenvalue weighted by Crippen LogP contribution is -2.70. The molecule has 1 fully saturated rings. The molecule has 31 heavy (non-hydrogen) atoms. The van der Waals surface area contributed by atoms with Crippen LogP contribution in [-0.2, 0) is 30.5 Å². The number of β-lactam (4-membered cyclic amide) rings is 1. The van der Waals surface area contributed by atoms with Gasteiger partial charge in [0.1, 0.15) is 35.6 Å². The molecule has 2 atom stereocenters. The first-order valence-electron chi connectivity index (χ1n) is 9.11. The van der Waals surface area contributed by atoms with E-state index in [2.05, 4.69) is 10.4 Å². The van der Waals surface area contributed by atoms with Crippen LogP contribution in [-0.4, -0.2) is 72.2 Å². The van der Waals surface area contributed by atoms with Crippen LogP contribution in [0.4, 0.5) is 5.69 Å². The van der Waals surface area contributed by atoms with Crippen LogP contribution in [0.3, 0.4) is 0 Å². The maximum Gasteiger partial charge on any atom is 0.352 e. The Morgan fingerprint density at radius 1 is 1.45 bits per heavy atom. The number of carbonyl (C=O) groups is 4. The molecule has 13 nitrogen and oxygen atoms in total. The number of rotatable bonds is 8. The fraction of sp³-hybridized carbons (Fsp3) is 0.471. The van der Waals surface area contributed by atoms with Crippen LogP contribution in [0.2, 0.25) is 0 Å². The van der Waals surface area contributed by atoms with Crippen LogP contribution < -0.4 is 5.32 Å². The normalized spacial score (nSPS) is 20.1. The maximum absolute atomic E-state index is 12.5. The number of aromatic nitrogens is 2. The highest BCUT2D eigenvalue weighted by Crippen LogP contribution is 2.40. The number of thioether (sulfide) groups is 1. The van der Waals surface area contributed by atoms with Gasteiger partial charge >= 0.3 is 17.6 Å². The number of fused-ring (bicyclic) bond motifs is 1.